The third-order valence-electron chi connectivity index (χ3n) is 1.15. The van der Waals surface area contributed by atoms with Gasteiger partial charge in [-0.2, -0.15) is 0 Å². The Bertz CT molecular complexity index is 301. The van der Waals surface area contributed by atoms with Gasteiger partial charge in [-0.25, -0.2) is 4.39 Å². The third kappa shape index (κ3) is 1.79. The van der Waals surface area contributed by atoms with E-state index in [0.29, 0.717) is 3.57 Å². The van der Waals surface area contributed by atoms with Crippen molar-refractivity contribution in [2.24, 2.45) is 0 Å². The number of halogens is 3. The largest absolute Gasteiger partial charge is 0.285 e. The van der Waals surface area contributed by atoms with Crippen LogP contribution in [-0.2, 0) is 4.79 Å². The number of rotatable bonds is 1. The molecule has 1 nitrogen and oxygen atoms in total. The molecule has 0 unspecified atom stereocenters. The summed E-state index contributed by atoms with van der Waals surface area (Å²) in [7, 11) is 0. The van der Waals surface area contributed by atoms with Crippen molar-refractivity contribution < 1.29 is 9.18 Å². The predicted octanol–water partition coefficient (Wildman–Crippen LogP) is 2.65. The first-order valence-corrected chi connectivity index (χ1v) is 4.55. The van der Waals surface area contributed by atoms with Gasteiger partial charge in [0.2, 0.25) is 6.29 Å². The second-order valence-corrected chi connectivity index (χ2v) is 3.84. The maximum absolute atomic E-state index is 12.9. The highest BCUT2D eigenvalue weighted by molar-refractivity contribution is 14.1. The first-order chi connectivity index (χ1) is 5.16. The number of benzene rings is 1. The Labute approximate surface area is 85.3 Å². The summed E-state index contributed by atoms with van der Waals surface area (Å²) in [6, 6.07) is 3.20. The molecular formula is C7H2BrFIO. The molecule has 0 N–H and O–H groups in total. The number of hydrogen-bond donors (Lipinski definition) is 0. The van der Waals surface area contributed by atoms with Gasteiger partial charge in [-0.15, -0.1) is 0 Å². The van der Waals surface area contributed by atoms with E-state index in [2.05, 4.69) is 15.9 Å². The highest BCUT2D eigenvalue weighted by Crippen LogP contribution is 2.21. The predicted molar refractivity (Wildman–Crippen MR) is 51.6 cm³/mol. The van der Waals surface area contributed by atoms with Crippen LogP contribution in [0.25, 0.3) is 0 Å². The summed E-state index contributed by atoms with van der Waals surface area (Å²) in [4.78, 5) is 10.2. The minimum atomic E-state index is -0.549. The molecule has 0 saturated carbocycles. The van der Waals surface area contributed by atoms with Gasteiger partial charge < -0.3 is 0 Å². The normalized spacial score (nSPS) is 9.73. The Morgan fingerprint density at radius 1 is 1.55 bits per heavy atom. The molecule has 1 aromatic rings. The molecule has 11 heavy (non-hydrogen) atoms. The van der Waals surface area contributed by atoms with E-state index >= 15 is 0 Å². The Kier molecular flexibility index (Phi) is 3.00. The average molecular weight is 328 g/mol. The lowest BCUT2D eigenvalue weighted by Crippen LogP contribution is -1.92. The van der Waals surface area contributed by atoms with E-state index in [1.165, 1.54) is 0 Å². The van der Waals surface area contributed by atoms with E-state index in [4.69, 9.17) is 0 Å². The van der Waals surface area contributed by atoms with Crippen LogP contribution in [-0.4, -0.2) is 6.29 Å². The molecule has 1 rings (SSSR count). The van der Waals surface area contributed by atoms with Gasteiger partial charge in [-0.1, -0.05) is 0 Å². The molecule has 0 aliphatic heterocycles. The van der Waals surface area contributed by atoms with Gasteiger partial charge >= 0.3 is 0 Å². The Balaban J connectivity index is 3.40. The van der Waals surface area contributed by atoms with Crippen molar-refractivity contribution in [1.82, 2.24) is 0 Å². The van der Waals surface area contributed by atoms with Crippen molar-refractivity contribution >= 4 is 44.8 Å². The van der Waals surface area contributed by atoms with Gasteiger partial charge in [0.05, 0.1) is 10.0 Å². The summed E-state index contributed by atoms with van der Waals surface area (Å²) < 4.78 is 13.8. The van der Waals surface area contributed by atoms with Gasteiger partial charge in [0.25, 0.3) is 0 Å². The molecule has 1 radical (unpaired) electrons. The fourth-order valence-corrected chi connectivity index (χ4v) is 1.48. The molecule has 0 atom stereocenters. The minimum Gasteiger partial charge on any atom is -0.285 e. The summed E-state index contributed by atoms with van der Waals surface area (Å²) in [6.45, 7) is 0. The van der Waals surface area contributed by atoms with Crippen LogP contribution in [0.15, 0.2) is 16.6 Å². The van der Waals surface area contributed by atoms with Crippen LogP contribution in [0.1, 0.15) is 5.56 Å². The van der Waals surface area contributed by atoms with E-state index in [1.807, 2.05) is 22.6 Å². The molecule has 1 aromatic carbocycles. The van der Waals surface area contributed by atoms with Crippen molar-refractivity contribution in [1.29, 1.82) is 0 Å². The molecule has 57 valence electrons. The lowest BCUT2D eigenvalue weighted by molar-refractivity contribution is 0.555. The fraction of sp³-hybridized carbons (Fsp3) is 0. The summed E-state index contributed by atoms with van der Waals surface area (Å²) in [6.07, 6.45) is 1.54. The van der Waals surface area contributed by atoms with E-state index < -0.39 is 5.82 Å². The van der Waals surface area contributed by atoms with Crippen molar-refractivity contribution in [2.45, 2.75) is 0 Å². The molecule has 0 saturated heterocycles. The van der Waals surface area contributed by atoms with Crippen molar-refractivity contribution in [3.05, 3.63) is 31.6 Å². The summed E-state index contributed by atoms with van der Waals surface area (Å²) >= 11 is 4.84. The van der Waals surface area contributed by atoms with E-state index in [-0.39, 0.29) is 10.0 Å². The first-order valence-electron chi connectivity index (χ1n) is 2.68. The number of carbonyl (C=O) groups excluding carboxylic acids is 1. The molecule has 0 bridgehead atoms. The van der Waals surface area contributed by atoms with Crippen LogP contribution in [0.2, 0.25) is 0 Å². The standard InChI is InChI=1S/C7H2BrFIO/c8-5-1-2-6(10)4(3-11)7(5)9/h1-2H. The SMILES string of the molecule is O=[C]c1c(I)ccc(Br)c1F. The van der Waals surface area contributed by atoms with Crippen LogP contribution >= 0.6 is 38.5 Å². The molecule has 0 heterocycles. The van der Waals surface area contributed by atoms with Crippen LogP contribution in [0.5, 0.6) is 0 Å². The Hall–Kier alpha value is 0.0300. The van der Waals surface area contributed by atoms with E-state index in [1.54, 1.807) is 18.4 Å². The summed E-state index contributed by atoms with van der Waals surface area (Å²) in [5.74, 6) is -0.549. The molecular weight excluding hydrogens is 326 g/mol. The third-order valence-corrected chi connectivity index (χ3v) is 2.66. The molecule has 0 aromatic heterocycles. The zero-order valence-electron chi connectivity index (χ0n) is 5.20. The van der Waals surface area contributed by atoms with Crippen molar-refractivity contribution in [3.63, 3.8) is 0 Å². The van der Waals surface area contributed by atoms with Gasteiger partial charge in [0.15, 0.2) is 0 Å². The quantitative estimate of drug-likeness (QED) is 0.572. The zero-order chi connectivity index (χ0) is 8.43. The second-order valence-electron chi connectivity index (χ2n) is 1.82. The average Bonchev–Trinajstić information content (AvgIpc) is 1.99. The van der Waals surface area contributed by atoms with Gasteiger partial charge in [0.1, 0.15) is 5.82 Å². The fourth-order valence-electron chi connectivity index (χ4n) is 0.621. The smallest absolute Gasteiger partial charge is 0.237 e. The highest BCUT2D eigenvalue weighted by atomic mass is 127. The minimum absolute atomic E-state index is 0.0139. The van der Waals surface area contributed by atoms with Crippen molar-refractivity contribution in [3.8, 4) is 0 Å². The second kappa shape index (κ2) is 3.62. The molecule has 0 aliphatic rings. The van der Waals surface area contributed by atoms with Crippen molar-refractivity contribution in [2.75, 3.05) is 0 Å². The summed E-state index contributed by atoms with van der Waals surface area (Å²) in [5, 5.41) is 0. The van der Waals surface area contributed by atoms with Gasteiger partial charge in [-0.05, 0) is 50.7 Å². The summed E-state index contributed by atoms with van der Waals surface area (Å²) in [5.41, 5.74) is -0.0139. The lowest BCUT2D eigenvalue weighted by Gasteiger charge is -1.98. The van der Waals surface area contributed by atoms with Crippen LogP contribution < -0.4 is 0 Å². The lowest BCUT2D eigenvalue weighted by atomic mass is 10.2. The van der Waals surface area contributed by atoms with Crippen LogP contribution in [0, 0.1) is 9.39 Å². The van der Waals surface area contributed by atoms with Crippen LogP contribution in [0.4, 0.5) is 4.39 Å². The van der Waals surface area contributed by atoms with E-state index in [9.17, 15) is 9.18 Å². The molecule has 0 amide bonds. The molecule has 0 fully saturated rings. The Morgan fingerprint density at radius 2 is 2.18 bits per heavy atom. The molecule has 0 spiro atoms. The molecule has 4 heteroatoms. The number of hydrogen-bond acceptors (Lipinski definition) is 1. The zero-order valence-corrected chi connectivity index (χ0v) is 8.94. The monoisotopic (exact) mass is 327 g/mol. The molecule has 0 aliphatic carbocycles. The Morgan fingerprint density at radius 3 is 2.64 bits per heavy atom. The van der Waals surface area contributed by atoms with Crippen LogP contribution in [0.3, 0.4) is 0 Å². The maximum atomic E-state index is 12.9. The maximum Gasteiger partial charge on any atom is 0.237 e. The van der Waals surface area contributed by atoms with Gasteiger partial charge in [0, 0.05) is 3.57 Å². The highest BCUT2D eigenvalue weighted by Gasteiger charge is 2.09. The first kappa shape index (κ1) is 9.12. The van der Waals surface area contributed by atoms with Gasteiger partial charge in [-0.3, -0.25) is 4.79 Å². The van der Waals surface area contributed by atoms with E-state index in [0.717, 1.165) is 0 Å². The topological polar surface area (TPSA) is 17.1 Å².